The molecule has 104 valence electrons. The number of hydrogen-bond donors (Lipinski definition) is 1. The zero-order valence-corrected chi connectivity index (χ0v) is 11.2. The molecule has 0 unspecified atom stereocenters. The van der Waals surface area contributed by atoms with Crippen LogP contribution in [-0.2, 0) is 0 Å². The van der Waals surface area contributed by atoms with Gasteiger partial charge in [-0.05, 0) is 37.3 Å². The quantitative estimate of drug-likeness (QED) is 0.690. The van der Waals surface area contributed by atoms with E-state index in [4.69, 9.17) is 5.26 Å². The number of benzene rings is 2. The molecule has 6 nitrogen and oxygen atoms in total. The van der Waals surface area contributed by atoms with E-state index < -0.39 is 10.8 Å². The number of carbonyl (C=O) groups is 1. The van der Waals surface area contributed by atoms with Gasteiger partial charge in [0.15, 0.2) is 0 Å². The van der Waals surface area contributed by atoms with Gasteiger partial charge in [-0.2, -0.15) is 5.26 Å². The third-order valence-electron chi connectivity index (χ3n) is 2.94. The van der Waals surface area contributed by atoms with Gasteiger partial charge in [-0.15, -0.1) is 0 Å². The molecule has 0 bridgehead atoms. The minimum absolute atomic E-state index is 0.0949. The molecule has 1 N–H and O–H groups in total. The Bertz CT molecular complexity index is 746. The second-order valence-corrected chi connectivity index (χ2v) is 4.40. The molecule has 6 heteroatoms. The predicted molar refractivity (Wildman–Crippen MR) is 76.9 cm³/mol. The summed E-state index contributed by atoms with van der Waals surface area (Å²) >= 11 is 0. The molecular formula is C15H11N3O3. The lowest BCUT2D eigenvalue weighted by Crippen LogP contribution is -2.12. The summed E-state index contributed by atoms with van der Waals surface area (Å²) in [7, 11) is 0. The fraction of sp³-hybridized carbons (Fsp3) is 0.0667. The molecule has 0 saturated carbocycles. The van der Waals surface area contributed by atoms with Gasteiger partial charge >= 0.3 is 0 Å². The normalized spacial score (nSPS) is 9.71. The van der Waals surface area contributed by atoms with Crippen molar-refractivity contribution in [2.75, 3.05) is 5.32 Å². The molecule has 1 amide bonds. The fourth-order valence-corrected chi connectivity index (χ4v) is 1.78. The number of amides is 1. The Balaban J connectivity index is 2.22. The number of nitro benzene ring substituents is 1. The van der Waals surface area contributed by atoms with E-state index in [1.54, 1.807) is 31.2 Å². The number of nitrogens with one attached hydrogen (secondary N) is 1. The van der Waals surface area contributed by atoms with Crippen LogP contribution in [-0.4, -0.2) is 10.8 Å². The molecule has 0 aliphatic carbocycles. The van der Waals surface area contributed by atoms with Crippen LogP contribution in [0.4, 0.5) is 11.4 Å². The maximum atomic E-state index is 12.1. The summed E-state index contributed by atoms with van der Waals surface area (Å²) in [5.74, 6) is -0.442. The number of nitriles is 1. The Morgan fingerprint density at radius 2 is 1.90 bits per heavy atom. The van der Waals surface area contributed by atoms with E-state index in [1.165, 1.54) is 18.2 Å². The average Bonchev–Trinajstić information content (AvgIpc) is 2.48. The second kappa shape index (κ2) is 5.84. The molecule has 0 aromatic heterocycles. The largest absolute Gasteiger partial charge is 0.322 e. The molecule has 2 rings (SSSR count). The number of hydrogen-bond acceptors (Lipinski definition) is 4. The number of anilines is 1. The molecule has 0 spiro atoms. The molecule has 0 aliphatic heterocycles. The maximum Gasteiger partial charge on any atom is 0.273 e. The van der Waals surface area contributed by atoms with E-state index in [2.05, 4.69) is 5.32 Å². The van der Waals surface area contributed by atoms with Gasteiger partial charge in [0.2, 0.25) is 0 Å². The number of carbonyl (C=O) groups excluding carboxylic acids is 1. The first kappa shape index (κ1) is 14.2. The van der Waals surface area contributed by atoms with Crippen molar-refractivity contribution in [2.45, 2.75) is 6.92 Å². The van der Waals surface area contributed by atoms with Crippen molar-refractivity contribution in [1.82, 2.24) is 0 Å². The van der Waals surface area contributed by atoms with E-state index in [0.29, 0.717) is 16.8 Å². The van der Waals surface area contributed by atoms with Crippen LogP contribution in [0.5, 0.6) is 0 Å². The maximum absolute atomic E-state index is 12.1. The molecule has 0 heterocycles. The highest BCUT2D eigenvalue weighted by Crippen LogP contribution is 2.20. The molecule has 21 heavy (non-hydrogen) atoms. The zero-order chi connectivity index (χ0) is 15.4. The predicted octanol–water partition coefficient (Wildman–Crippen LogP) is 3.03. The van der Waals surface area contributed by atoms with Crippen molar-refractivity contribution in [2.24, 2.45) is 0 Å². The van der Waals surface area contributed by atoms with Crippen molar-refractivity contribution >= 4 is 17.3 Å². The monoisotopic (exact) mass is 281 g/mol. The van der Waals surface area contributed by atoms with Gasteiger partial charge in [0.25, 0.3) is 11.6 Å². The van der Waals surface area contributed by atoms with Gasteiger partial charge in [0.05, 0.1) is 16.6 Å². The smallest absolute Gasteiger partial charge is 0.273 e. The zero-order valence-electron chi connectivity index (χ0n) is 11.2. The molecule has 2 aromatic rings. The summed E-state index contributed by atoms with van der Waals surface area (Å²) in [5.41, 5.74) is 1.61. The highest BCUT2D eigenvalue weighted by molar-refractivity contribution is 6.04. The summed E-state index contributed by atoms with van der Waals surface area (Å²) in [4.78, 5) is 22.4. The van der Waals surface area contributed by atoms with Crippen LogP contribution in [0, 0.1) is 28.4 Å². The van der Waals surface area contributed by atoms with Gasteiger partial charge in [0, 0.05) is 22.9 Å². The van der Waals surface area contributed by atoms with Gasteiger partial charge in [-0.25, -0.2) is 0 Å². The fourth-order valence-electron chi connectivity index (χ4n) is 1.78. The van der Waals surface area contributed by atoms with Crippen molar-refractivity contribution in [3.05, 3.63) is 69.3 Å². The Hall–Kier alpha value is -3.20. The van der Waals surface area contributed by atoms with Crippen molar-refractivity contribution in [3.63, 3.8) is 0 Å². The van der Waals surface area contributed by atoms with E-state index in [1.807, 2.05) is 6.07 Å². The number of rotatable bonds is 3. The Labute approximate surface area is 120 Å². The highest BCUT2D eigenvalue weighted by Gasteiger charge is 2.15. The molecule has 0 radical (unpaired) electrons. The number of aryl methyl sites for hydroxylation is 1. The standard InChI is InChI=1S/C15H11N3O3/c1-10-2-5-12(8-14(10)18(20)21)15(19)17-13-6-3-11(9-16)4-7-13/h2-8H,1H3,(H,17,19). The molecule has 2 aromatic carbocycles. The first-order valence-electron chi connectivity index (χ1n) is 6.08. The molecule has 0 aliphatic rings. The second-order valence-electron chi connectivity index (χ2n) is 4.40. The third-order valence-corrected chi connectivity index (χ3v) is 2.94. The van der Waals surface area contributed by atoms with E-state index in [0.717, 1.165) is 0 Å². The van der Waals surface area contributed by atoms with E-state index >= 15 is 0 Å². The molecular weight excluding hydrogens is 270 g/mol. The van der Waals surface area contributed by atoms with Crippen LogP contribution in [0.25, 0.3) is 0 Å². The number of nitro groups is 1. The minimum Gasteiger partial charge on any atom is -0.322 e. The molecule has 0 atom stereocenters. The van der Waals surface area contributed by atoms with Crippen LogP contribution in [0.1, 0.15) is 21.5 Å². The summed E-state index contributed by atoms with van der Waals surface area (Å²) in [6.45, 7) is 1.61. The SMILES string of the molecule is Cc1ccc(C(=O)Nc2ccc(C#N)cc2)cc1[N+](=O)[O-]. The van der Waals surface area contributed by atoms with Gasteiger partial charge in [-0.1, -0.05) is 6.07 Å². The topological polar surface area (TPSA) is 96.0 Å². The van der Waals surface area contributed by atoms with Crippen LogP contribution >= 0.6 is 0 Å². The summed E-state index contributed by atoms with van der Waals surface area (Å²) in [5, 5.41) is 22.2. The first-order valence-corrected chi connectivity index (χ1v) is 6.08. The minimum atomic E-state index is -0.520. The van der Waals surface area contributed by atoms with Gasteiger partial charge in [-0.3, -0.25) is 14.9 Å². The summed E-state index contributed by atoms with van der Waals surface area (Å²) < 4.78 is 0. The lowest BCUT2D eigenvalue weighted by molar-refractivity contribution is -0.385. The average molecular weight is 281 g/mol. The van der Waals surface area contributed by atoms with E-state index in [-0.39, 0.29) is 11.3 Å². The Morgan fingerprint density at radius 3 is 2.48 bits per heavy atom. The Morgan fingerprint density at radius 1 is 1.24 bits per heavy atom. The highest BCUT2D eigenvalue weighted by atomic mass is 16.6. The summed E-state index contributed by atoms with van der Waals surface area (Å²) in [6, 6.07) is 12.6. The first-order chi connectivity index (χ1) is 10.0. The number of nitrogens with zero attached hydrogens (tertiary/aromatic N) is 2. The van der Waals surface area contributed by atoms with Crippen LogP contribution in [0.3, 0.4) is 0 Å². The van der Waals surface area contributed by atoms with E-state index in [9.17, 15) is 14.9 Å². The van der Waals surface area contributed by atoms with Crippen LogP contribution in [0.15, 0.2) is 42.5 Å². The van der Waals surface area contributed by atoms with Crippen LogP contribution < -0.4 is 5.32 Å². The lowest BCUT2D eigenvalue weighted by atomic mass is 10.1. The molecule has 0 fully saturated rings. The summed E-state index contributed by atoms with van der Waals surface area (Å²) in [6.07, 6.45) is 0. The lowest BCUT2D eigenvalue weighted by Gasteiger charge is -2.06. The van der Waals surface area contributed by atoms with Crippen LogP contribution in [0.2, 0.25) is 0 Å². The van der Waals surface area contributed by atoms with Crippen molar-refractivity contribution in [3.8, 4) is 6.07 Å². The van der Waals surface area contributed by atoms with Gasteiger partial charge < -0.3 is 5.32 Å². The molecule has 0 saturated heterocycles. The third kappa shape index (κ3) is 3.22. The Kier molecular flexibility index (Phi) is 3.95. The van der Waals surface area contributed by atoms with Crippen molar-refractivity contribution < 1.29 is 9.72 Å². The van der Waals surface area contributed by atoms with Gasteiger partial charge in [0.1, 0.15) is 0 Å². The van der Waals surface area contributed by atoms with Crippen molar-refractivity contribution in [1.29, 1.82) is 5.26 Å².